The van der Waals surface area contributed by atoms with Crippen molar-refractivity contribution in [3.63, 3.8) is 0 Å². The van der Waals surface area contributed by atoms with Gasteiger partial charge in [-0.25, -0.2) is 0 Å². The monoisotopic (exact) mass is 152 g/mol. The summed E-state index contributed by atoms with van der Waals surface area (Å²) in [6, 6.07) is 16.4. The molecule has 12 heavy (non-hydrogen) atoms. The van der Waals surface area contributed by atoms with Crippen molar-refractivity contribution >= 4 is 10.8 Å². The fourth-order valence-corrected chi connectivity index (χ4v) is 1.26. The van der Waals surface area contributed by atoms with Gasteiger partial charge in [0.05, 0.1) is 11.6 Å². The Morgan fingerprint density at radius 2 is 2.17 bits per heavy atom. The molecule has 2 rings (SSSR count). The van der Waals surface area contributed by atoms with Crippen molar-refractivity contribution in [3.8, 4) is 6.07 Å². The van der Waals surface area contributed by atoms with Crippen LogP contribution in [0, 0.1) is 17.4 Å². The molecule has 2 aromatic rings. The van der Waals surface area contributed by atoms with Gasteiger partial charge in [0.15, 0.2) is 0 Å². The Hall–Kier alpha value is -1.81. The summed E-state index contributed by atoms with van der Waals surface area (Å²) in [7, 11) is 0. The fraction of sp³-hybridized carbons (Fsp3) is 0. The summed E-state index contributed by atoms with van der Waals surface area (Å²) in [5, 5.41) is 10.8. The first-order chi connectivity index (χ1) is 5.92. The zero-order chi connectivity index (χ0) is 8.39. The molecule has 0 N–H and O–H groups in total. The van der Waals surface area contributed by atoms with E-state index in [1.807, 2.05) is 36.4 Å². The molecule has 0 aliphatic heterocycles. The summed E-state index contributed by atoms with van der Waals surface area (Å²) < 4.78 is 0. The molecule has 0 amide bonds. The maximum Gasteiger partial charge on any atom is 0.0998 e. The number of fused-ring (bicyclic) bond motifs is 1. The Labute approximate surface area is 70.9 Å². The molecular formula is C11H6N. The van der Waals surface area contributed by atoms with Crippen molar-refractivity contribution in [2.45, 2.75) is 0 Å². The van der Waals surface area contributed by atoms with Crippen LogP contribution in [-0.4, -0.2) is 0 Å². The van der Waals surface area contributed by atoms with Crippen molar-refractivity contribution in [1.29, 1.82) is 5.26 Å². The van der Waals surface area contributed by atoms with Crippen LogP contribution in [0.15, 0.2) is 36.4 Å². The van der Waals surface area contributed by atoms with Crippen LogP contribution >= 0.6 is 0 Å². The SMILES string of the molecule is N#Cc1cccc2c[c]ccc12. The van der Waals surface area contributed by atoms with Gasteiger partial charge in [-0.1, -0.05) is 24.3 Å². The standard InChI is InChI=1S/C11H6N/c12-8-10-6-3-5-9-4-1-2-7-11(9)10/h2-7H. The van der Waals surface area contributed by atoms with Crippen LogP contribution in [0.1, 0.15) is 5.56 Å². The van der Waals surface area contributed by atoms with Gasteiger partial charge in [0.25, 0.3) is 0 Å². The van der Waals surface area contributed by atoms with Gasteiger partial charge in [0.1, 0.15) is 0 Å². The maximum atomic E-state index is 8.78. The summed E-state index contributed by atoms with van der Waals surface area (Å²) in [6.45, 7) is 0. The van der Waals surface area contributed by atoms with Crippen LogP contribution in [0.5, 0.6) is 0 Å². The van der Waals surface area contributed by atoms with Gasteiger partial charge in [0.2, 0.25) is 0 Å². The van der Waals surface area contributed by atoms with Crippen LogP contribution in [0.3, 0.4) is 0 Å². The van der Waals surface area contributed by atoms with E-state index in [1.54, 1.807) is 0 Å². The quantitative estimate of drug-likeness (QED) is 0.569. The molecular weight excluding hydrogens is 146 g/mol. The van der Waals surface area contributed by atoms with E-state index in [2.05, 4.69) is 12.1 Å². The fourth-order valence-electron chi connectivity index (χ4n) is 1.26. The number of rotatable bonds is 0. The lowest BCUT2D eigenvalue weighted by Crippen LogP contribution is -1.77. The minimum absolute atomic E-state index is 0.724. The second-order valence-electron chi connectivity index (χ2n) is 2.56. The Morgan fingerprint density at radius 1 is 1.25 bits per heavy atom. The molecule has 0 bridgehead atoms. The lowest BCUT2D eigenvalue weighted by Gasteiger charge is -1.96. The summed E-state index contributed by atoms with van der Waals surface area (Å²) >= 11 is 0. The Bertz CT molecular complexity index is 447. The van der Waals surface area contributed by atoms with Gasteiger partial charge < -0.3 is 0 Å². The van der Waals surface area contributed by atoms with E-state index in [1.165, 1.54) is 0 Å². The molecule has 0 aliphatic rings. The largest absolute Gasteiger partial charge is 0.192 e. The third kappa shape index (κ3) is 0.943. The first kappa shape index (κ1) is 6.87. The van der Waals surface area contributed by atoms with Crippen LogP contribution < -0.4 is 0 Å². The van der Waals surface area contributed by atoms with E-state index < -0.39 is 0 Å². The van der Waals surface area contributed by atoms with Crippen molar-refractivity contribution in [3.05, 3.63) is 48.0 Å². The van der Waals surface area contributed by atoms with Gasteiger partial charge >= 0.3 is 0 Å². The molecule has 0 aliphatic carbocycles. The van der Waals surface area contributed by atoms with Crippen LogP contribution in [-0.2, 0) is 0 Å². The summed E-state index contributed by atoms with van der Waals surface area (Å²) in [5.41, 5.74) is 0.724. The average molecular weight is 152 g/mol. The minimum Gasteiger partial charge on any atom is -0.192 e. The Kier molecular flexibility index (Phi) is 1.53. The van der Waals surface area contributed by atoms with Gasteiger partial charge in [-0.15, -0.1) is 0 Å². The zero-order valence-electron chi connectivity index (χ0n) is 6.41. The number of hydrogen-bond donors (Lipinski definition) is 0. The molecule has 0 saturated heterocycles. The smallest absolute Gasteiger partial charge is 0.0998 e. The molecule has 0 unspecified atom stereocenters. The van der Waals surface area contributed by atoms with E-state index in [4.69, 9.17) is 5.26 Å². The van der Waals surface area contributed by atoms with Crippen LogP contribution in [0.2, 0.25) is 0 Å². The van der Waals surface area contributed by atoms with Crippen molar-refractivity contribution in [2.24, 2.45) is 0 Å². The molecule has 0 fully saturated rings. The summed E-state index contributed by atoms with van der Waals surface area (Å²) in [4.78, 5) is 0. The highest BCUT2D eigenvalue weighted by atomic mass is 14.2. The first-order valence-corrected chi connectivity index (χ1v) is 3.71. The predicted octanol–water partition coefficient (Wildman–Crippen LogP) is 2.51. The number of nitrogens with zero attached hydrogens (tertiary/aromatic N) is 1. The van der Waals surface area contributed by atoms with E-state index in [0.29, 0.717) is 0 Å². The molecule has 1 heteroatoms. The van der Waals surface area contributed by atoms with E-state index in [-0.39, 0.29) is 0 Å². The lowest BCUT2D eigenvalue weighted by atomic mass is 10.1. The Morgan fingerprint density at radius 3 is 3.00 bits per heavy atom. The van der Waals surface area contributed by atoms with E-state index in [9.17, 15) is 0 Å². The first-order valence-electron chi connectivity index (χ1n) is 3.71. The molecule has 1 nitrogen and oxygen atoms in total. The highest BCUT2D eigenvalue weighted by Crippen LogP contribution is 2.16. The van der Waals surface area contributed by atoms with E-state index >= 15 is 0 Å². The van der Waals surface area contributed by atoms with Gasteiger partial charge in [-0.05, 0) is 29.0 Å². The maximum absolute atomic E-state index is 8.78. The van der Waals surface area contributed by atoms with Crippen LogP contribution in [0.4, 0.5) is 0 Å². The second-order valence-corrected chi connectivity index (χ2v) is 2.56. The molecule has 0 aromatic heterocycles. The topological polar surface area (TPSA) is 23.8 Å². The molecule has 0 spiro atoms. The number of hydrogen-bond acceptors (Lipinski definition) is 1. The zero-order valence-corrected chi connectivity index (χ0v) is 6.41. The van der Waals surface area contributed by atoms with E-state index in [0.717, 1.165) is 16.3 Å². The Balaban J connectivity index is 2.91. The third-order valence-corrected chi connectivity index (χ3v) is 1.85. The lowest BCUT2D eigenvalue weighted by molar-refractivity contribution is 1.50. The van der Waals surface area contributed by atoms with Gasteiger partial charge in [-0.3, -0.25) is 0 Å². The van der Waals surface area contributed by atoms with Crippen molar-refractivity contribution in [2.75, 3.05) is 0 Å². The van der Waals surface area contributed by atoms with Gasteiger partial charge in [0, 0.05) is 0 Å². The molecule has 2 aromatic carbocycles. The summed E-state index contributed by atoms with van der Waals surface area (Å²) in [5.74, 6) is 0. The predicted molar refractivity (Wildman–Crippen MR) is 47.5 cm³/mol. The highest BCUT2D eigenvalue weighted by molar-refractivity contribution is 5.87. The minimum atomic E-state index is 0.724. The van der Waals surface area contributed by atoms with Gasteiger partial charge in [-0.2, -0.15) is 5.26 Å². The average Bonchev–Trinajstić information content (AvgIpc) is 2.17. The molecule has 1 radical (unpaired) electrons. The summed E-state index contributed by atoms with van der Waals surface area (Å²) in [6.07, 6.45) is 0. The molecule has 0 saturated carbocycles. The number of benzene rings is 2. The molecule has 0 atom stereocenters. The molecule has 55 valence electrons. The van der Waals surface area contributed by atoms with Crippen molar-refractivity contribution < 1.29 is 0 Å². The molecule has 0 heterocycles. The van der Waals surface area contributed by atoms with Crippen LogP contribution in [0.25, 0.3) is 10.8 Å². The van der Waals surface area contributed by atoms with Crippen molar-refractivity contribution in [1.82, 2.24) is 0 Å². The highest BCUT2D eigenvalue weighted by Gasteiger charge is 1.96. The third-order valence-electron chi connectivity index (χ3n) is 1.85. The normalized spacial score (nSPS) is 9.58. The number of nitriles is 1. The second kappa shape index (κ2) is 2.67.